The molecule has 2 aliphatic rings. The molecule has 0 aromatic rings. The van der Waals surface area contributed by atoms with Crippen LogP contribution in [-0.4, -0.2) is 70.9 Å². The highest BCUT2D eigenvalue weighted by Crippen LogP contribution is 2.32. The van der Waals surface area contributed by atoms with Gasteiger partial charge in [0.05, 0.1) is 12.4 Å². The van der Waals surface area contributed by atoms with Gasteiger partial charge in [-0.05, 0) is 76.9 Å². The monoisotopic (exact) mass is 525 g/mol. The third kappa shape index (κ3) is 8.85. The van der Waals surface area contributed by atoms with Crippen LogP contribution < -0.4 is 16.4 Å². The molecular formula is C26H47N5O4S. The second kappa shape index (κ2) is 14.7. The van der Waals surface area contributed by atoms with Crippen LogP contribution >= 0.6 is 11.8 Å². The van der Waals surface area contributed by atoms with Gasteiger partial charge in [0.2, 0.25) is 11.8 Å². The first-order valence-corrected chi connectivity index (χ1v) is 14.6. The lowest BCUT2D eigenvalue weighted by Gasteiger charge is -2.37. The number of nitrogens with two attached hydrogens (primary N) is 1. The van der Waals surface area contributed by atoms with E-state index in [-0.39, 0.29) is 23.6 Å². The van der Waals surface area contributed by atoms with Crippen molar-refractivity contribution < 1.29 is 19.1 Å². The Morgan fingerprint density at radius 3 is 2.44 bits per heavy atom. The maximum absolute atomic E-state index is 13.8. The highest BCUT2D eigenvalue weighted by Gasteiger charge is 2.44. The van der Waals surface area contributed by atoms with Crippen LogP contribution in [0.25, 0.3) is 0 Å². The summed E-state index contributed by atoms with van der Waals surface area (Å²) in [6.45, 7) is 9.35. The number of hydrogen-bond acceptors (Lipinski definition) is 6. The molecule has 9 nitrogen and oxygen atoms in total. The maximum atomic E-state index is 13.8. The second-order valence-corrected chi connectivity index (χ2v) is 12.4. The summed E-state index contributed by atoms with van der Waals surface area (Å²) in [6, 6.07) is -1.32. The molecule has 0 aromatic heterocycles. The van der Waals surface area contributed by atoms with Crippen molar-refractivity contribution in [1.82, 2.24) is 15.5 Å². The Morgan fingerprint density at radius 2 is 1.83 bits per heavy atom. The van der Waals surface area contributed by atoms with Crippen LogP contribution in [-0.2, 0) is 14.3 Å². The van der Waals surface area contributed by atoms with Crippen LogP contribution in [0, 0.1) is 17.2 Å². The Bertz CT molecular complexity index is 755. The molecule has 1 saturated heterocycles. The van der Waals surface area contributed by atoms with E-state index in [1.54, 1.807) is 16.7 Å². The Balaban J connectivity index is 2.03. The van der Waals surface area contributed by atoms with Crippen LogP contribution in [0.3, 0.4) is 0 Å². The van der Waals surface area contributed by atoms with E-state index in [2.05, 4.69) is 17.6 Å². The number of rotatable bonds is 13. The van der Waals surface area contributed by atoms with Crippen LogP contribution in [0.2, 0.25) is 0 Å². The first-order chi connectivity index (χ1) is 17.1. The van der Waals surface area contributed by atoms with Crippen molar-refractivity contribution in [2.75, 3.05) is 25.4 Å². The smallest absolute Gasteiger partial charge is 0.407 e. The van der Waals surface area contributed by atoms with Gasteiger partial charge in [0.25, 0.3) is 0 Å². The molecule has 0 radical (unpaired) electrons. The lowest BCUT2D eigenvalue weighted by molar-refractivity contribution is -0.140. The number of amides is 3. The second-order valence-electron chi connectivity index (χ2n) is 10.6. The average molecular weight is 526 g/mol. The topological polar surface area (TPSA) is 138 Å². The minimum absolute atomic E-state index is 0.127. The number of unbranched alkanes of at least 4 members (excludes halogenated alkanes) is 1. The van der Waals surface area contributed by atoms with E-state index in [9.17, 15) is 14.4 Å². The molecule has 2 rings (SSSR count). The number of carbonyl (C=O) groups is 3. The van der Waals surface area contributed by atoms with Gasteiger partial charge in [-0.2, -0.15) is 11.8 Å². The van der Waals surface area contributed by atoms with Crippen LogP contribution in [0.4, 0.5) is 4.79 Å². The fourth-order valence-corrected chi connectivity index (χ4v) is 6.24. The molecule has 0 bridgehead atoms. The number of thioether (sulfide) groups is 1. The average Bonchev–Trinajstić information content (AvgIpc) is 3.34. The van der Waals surface area contributed by atoms with Gasteiger partial charge in [-0.15, -0.1) is 0 Å². The van der Waals surface area contributed by atoms with Crippen molar-refractivity contribution in [3.63, 3.8) is 0 Å². The molecular weight excluding hydrogens is 478 g/mol. The maximum Gasteiger partial charge on any atom is 0.407 e. The van der Waals surface area contributed by atoms with Crippen molar-refractivity contribution in [2.45, 2.75) is 102 Å². The molecule has 2 fully saturated rings. The molecule has 36 heavy (non-hydrogen) atoms. The van der Waals surface area contributed by atoms with Gasteiger partial charge in [-0.25, -0.2) is 4.79 Å². The Kier molecular flexibility index (Phi) is 12.3. The number of nitrogens with zero attached hydrogens (tertiary/aromatic N) is 1. The van der Waals surface area contributed by atoms with Crippen LogP contribution in [0.15, 0.2) is 0 Å². The summed E-state index contributed by atoms with van der Waals surface area (Å²) < 4.78 is 4.67. The number of nitrogens with one attached hydrogen (secondary N) is 3. The van der Waals surface area contributed by atoms with Gasteiger partial charge in [-0.1, -0.05) is 20.3 Å². The highest BCUT2D eigenvalue weighted by molar-refractivity contribution is 8.00. The largest absolute Gasteiger partial charge is 0.450 e. The number of ether oxygens (including phenoxy) is 1. The quantitative estimate of drug-likeness (QED) is 0.165. The van der Waals surface area contributed by atoms with Gasteiger partial charge in [0, 0.05) is 23.8 Å². The summed E-state index contributed by atoms with van der Waals surface area (Å²) in [7, 11) is 0. The summed E-state index contributed by atoms with van der Waals surface area (Å²) >= 11 is 1.66. The molecule has 206 valence electrons. The molecule has 5 N–H and O–H groups in total. The third-order valence-electron chi connectivity index (χ3n) is 7.30. The minimum Gasteiger partial charge on any atom is -0.450 e. The summed E-state index contributed by atoms with van der Waals surface area (Å²) in [5.41, 5.74) is 5.64. The molecule has 0 spiro atoms. The Labute approximate surface area is 220 Å². The van der Waals surface area contributed by atoms with Gasteiger partial charge in [0.15, 0.2) is 0 Å². The zero-order valence-electron chi connectivity index (χ0n) is 22.6. The summed E-state index contributed by atoms with van der Waals surface area (Å²) in [5.74, 6) is 1.32. The van der Waals surface area contributed by atoms with Crippen molar-refractivity contribution >= 4 is 35.5 Å². The van der Waals surface area contributed by atoms with Crippen molar-refractivity contribution in [3.8, 4) is 0 Å². The minimum atomic E-state index is -0.793. The van der Waals surface area contributed by atoms with Gasteiger partial charge < -0.3 is 26.0 Å². The van der Waals surface area contributed by atoms with E-state index in [0.29, 0.717) is 38.5 Å². The molecule has 1 aliphatic heterocycles. The van der Waals surface area contributed by atoms with Crippen LogP contribution in [0.1, 0.15) is 85.5 Å². The van der Waals surface area contributed by atoms with E-state index in [1.165, 1.54) is 0 Å². The molecule has 0 aromatic carbocycles. The molecule has 0 unspecified atom stereocenters. The first kappa shape index (κ1) is 30.3. The standard InChI is InChI=1S/C26H47N5O4S/c1-5-7-16-36-26(3,4)21(30-25(34)35-15-6-2)24(33)31-14-8-9-20(31)23(32)29-17-18-10-12-19(13-11-18)22(27)28/h18-21H,5-17H2,1-4H3,(H3,27,28)(H,29,32)(H,30,34)/t18-,19-,20-,21-/m0/s1. The van der Waals surface area contributed by atoms with Crippen molar-refractivity contribution in [2.24, 2.45) is 17.6 Å². The number of likely N-dealkylation sites (tertiary alicyclic amines) is 1. The van der Waals surface area contributed by atoms with Gasteiger partial charge in [0.1, 0.15) is 12.1 Å². The SMILES string of the molecule is CCCCSC(C)(C)[C@@H](NC(=O)OCCC)C(=O)N1CCC[C@H]1C(=O)NC[C@H]1CC[C@H](C(=N)N)CC1. The molecule has 10 heteroatoms. The van der Waals surface area contributed by atoms with E-state index in [0.717, 1.165) is 50.7 Å². The highest BCUT2D eigenvalue weighted by atomic mass is 32.2. The normalized spacial score (nSPS) is 23.1. The number of carbonyl (C=O) groups excluding carboxylic acids is 3. The number of alkyl carbamates (subject to hydrolysis) is 1. The number of hydrogen-bond donors (Lipinski definition) is 4. The predicted octanol–water partition coefficient (Wildman–Crippen LogP) is 3.65. The Hall–Kier alpha value is -1.97. The molecule has 1 heterocycles. The third-order valence-corrected chi connectivity index (χ3v) is 8.78. The summed E-state index contributed by atoms with van der Waals surface area (Å²) in [5, 5.41) is 13.5. The van der Waals surface area contributed by atoms with E-state index < -0.39 is 22.9 Å². The van der Waals surface area contributed by atoms with E-state index in [1.807, 2.05) is 20.8 Å². The van der Waals surface area contributed by atoms with Gasteiger partial charge >= 0.3 is 6.09 Å². The van der Waals surface area contributed by atoms with Crippen molar-refractivity contribution in [1.29, 1.82) is 5.41 Å². The lowest BCUT2D eigenvalue weighted by Crippen LogP contribution is -2.60. The molecule has 2 atom stereocenters. The lowest BCUT2D eigenvalue weighted by atomic mass is 9.81. The van der Waals surface area contributed by atoms with Crippen molar-refractivity contribution in [3.05, 3.63) is 0 Å². The predicted molar refractivity (Wildman–Crippen MR) is 145 cm³/mol. The van der Waals surface area contributed by atoms with Crippen LogP contribution in [0.5, 0.6) is 0 Å². The summed E-state index contributed by atoms with van der Waals surface area (Å²) in [4.78, 5) is 41.0. The van der Waals surface area contributed by atoms with E-state index in [4.69, 9.17) is 15.9 Å². The molecule has 3 amide bonds. The number of amidine groups is 1. The zero-order chi connectivity index (χ0) is 26.7. The zero-order valence-corrected chi connectivity index (χ0v) is 23.4. The fourth-order valence-electron chi connectivity index (χ4n) is 4.96. The summed E-state index contributed by atoms with van der Waals surface area (Å²) in [6.07, 6.45) is 7.20. The first-order valence-electron chi connectivity index (χ1n) is 13.6. The fraction of sp³-hybridized carbons (Fsp3) is 0.846. The van der Waals surface area contributed by atoms with E-state index >= 15 is 0 Å². The Morgan fingerprint density at radius 1 is 1.14 bits per heavy atom. The molecule has 1 aliphatic carbocycles. The van der Waals surface area contributed by atoms with Gasteiger partial charge in [-0.3, -0.25) is 15.0 Å². The molecule has 1 saturated carbocycles.